The molecule has 0 aromatic heterocycles. The summed E-state index contributed by atoms with van der Waals surface area (Å²) >= 11 is 16.1. The van der Waals surface area contributed by atoms with E-state index >= 15 is 0 Å². The summed E-state index contributed by atoms with van der Waals surface area (Å²) < 4.78 is 1.08. The fourth-order valence-corrected chi connectivity index (χ4v) is 3.26. The topological polar surface area (TPSA) is 12.0 Å². The molecule has 0 radical (unpaired) electrons. The minimum absolute atomic E-state index is 0.0456. The average Bonchev–Trinajstić information content (AvgIpc) is 2.44. The summed E-state index contributed by atoms with van der Waals surface area (Å²) in [5.74, 6) is 0. The molecule has 0 saturated heterocycles. The molecule has 1 atom stereocenters. The lowest BCUT2D eigenvalue weighted by atomic mass is 9.95. The van der Waals surface area contributed by atoms with Crippen LogP contribution in [0.25, 0.3) is 0 Å². The number of nitrogens with one attached hydrogen (secondary N) is 1. The van der Waals surface area contributed by atoms with Crippen LogP contribution in [0.15, 0.2) is 40.9 Å². The molecule has 1 N–H and O–H groups in total. The number of hydrogen-bond acceptors (Lipinski definition) is 1. The maximum absolute atomic E-state index is 6.40. The van der Waals surface area contributed by atoms with Crippen LogP contribution < -0.4 is 5.32 Å². The van der Waals surface area contributed by atoms with Crippen LogP contribution in [-0.2, 0) is 0 Å². The number of hydrogen-bond donors (Lipinski definition) is 1. The molecule has 0 fully saturated rings. The molecule has 2 aromatic carbocycles. The van der Waals surface area contributed by atoms with Crippen LogP contribution in [0.4, 0.5) is 0 Å². The zero-order chi connectivity index (χ0) is 15.4. The van der Waals surface area contributed by atoms with Crippen molar-refractivity contribution in [2.24, 2.45) is 0 Å². The normalized spacial score (nSPS) is 12.4. The first-order valence-corrected chi connectivity index (χ1v) is 8.52. The van der Waals surface area contributed by atoms with E-state index < -0.39 is 0 Å². The fourth-order valence-electron chi connectivity index (χ4n) is 2.37. The van der Waals surface area contributed by atoms with Gasteiger partial charge in [0.25, 0.3) is 0 Å². The molecule has 112 valence electrons. The quantitative estimate of drug-likeness (QED) is 0.649. The molecule has 0 amide bonds. The predicted molar refractivity (Wildman–Crippen MR) is 95.5 cm³/mol. The van der Waals surface area contributed by atoms with Crippen molar-refractivity contribution in [1.29, 1.82) is 0 Å². The van der Waals surface area contributed by atoms with Gasteiger partial charge < -0.3 is 5.32 Å². The van der Waals surface area contributed by atoms with Gasteiger partial charge in [-0.25, -0.2) is 0 Å². The first kappa shape index (κ1) is 16.8. The summed E-state index contributed by atoms with van der Waals surface area (Å²) in [5, 5.41) is 5.01. The summed E-state index contributed by atoms with van der Waals surface area (Å²) in [4.78, 5) is 0. The van der Waals surface area contributed by atoms with Gasteiger partial charge in [-0.3, -0.25) is 0 Å². The van der Waals surface area contributed by atoms with Gasteiger partial charge in [0.05, 0.1) is 6.04 Å². The molecule has 1 unspecified atom stereocenters. The van der Waals surface area contributed by atoms with Crippen LogP contribution in [0, 0.1) is 6.92 Å². The van der Waals surface area contributed by atoms with Gasteiger partial charge in [0.15, 0.2) is 0 Å². The lowest BCUT2D eigenvalue weighted by Crippen LogP contribution is -2.24. The van der Waals surface area contributed by atoms with Gasteiger partial charge in [-0.05, 0) is 66.9 Å². The van der Waals surface area contributed by atoms with E-state index in [1.54, 1.807) is 0 Å². The van der Waals surface area contributed by atoms with E-state index in [1.807, 2.05) is 18.2 Å². The minimum Gasteiger partial charge on any atom is -0.306 e. The highest BCUT2D eigenvalue weighted by Gasteiger charge is 2.18. The third-order valence-electron chi connectivity index (χ3n) is 3.41. The largest absolute Gasteiger partial charge is 0.306 e. The van der Waals surface area contributed by atoms with Crippen molar-refractivity contribution in [3.05, 3.63) is 67.6 Å². The molecule has 0 bridgehead atoms. The van der Waals surface area contributed by atoms with E-state index in [-0.39, 0.29) is 6.04 Å². The van der Waals surface area contributed by atoms with E-state index in [0.29, 0.717) is 5.02 Å². The van der Waals surface area contributed by atoms with Crippen molar-refractivity contribution in [3.8, 4) is 0 Å². The van der Waals surface area contributed by atoms with Crippen molar-refractivity contribution in [2.75, 3.05) is 6.54 Å². The molecule has 1 nitrogen and oxygen atoms in total. The summed E-state index contributed by atoms with van der Waals surface area (Å²) in [5.41, 5.74) is 3.45. The minimum atomic E-state index is 0.0456. The molecule has 0 aliphatic carbocycles. The Morgan fingerprint density at radius 1 is 1.10 bits per heavy atom. The van der Waals surface area contributed by atoms with Crippen LogP contribution in [0.2, 0.25) is 10.0 Å². The van der Waals surface area contributed by atoms with Gasteiger partial charge in [0.1, 0.15) is 0 Å². The zero-order valence-electron chi connectivity index (χ0n) is 12.1. The molecule has 4 heteroatoms. The van der Waals surface area contributed by atoms with Crippen LogP contribution in [0.1, 0.15) is 36.1 Å². The lowest BCUT2D eigenvalue weighted by molar-refractivity contribution is 0.596. The lowest BCUT2D eigenvalue weighted by Gasteiger charge is -2.23. The second kappa shape index (κ2) is 7.64. The summed E-state index contributed by atoms with van der Waals surface area (Å²) in [7, 11) is 0. The highest BCUT2D eigenvalue weighted by Crippen LogP contribution is 2.33. The van der Waals surface area contributed by atoms with Gasteiger partial charge in [-0.15, -0.1) is 0 Å². The molecule has 0 heterocycles. The number of aryl methyl sites for hydroxylation is 1. The highest BCUT2D eigenvalue weighted by molar-refractivity contribution is 9.10. The van der Waals surface area contributed by atoms with Crippen molar-refractivity contribution >= 4 is 39.1 Å². The zero-order valence-corrected chi connectivity index (χ0v) is 15.2. The predicted octanol–water partition coefficient (Wildman–Crippen LogP) is 6.15. The Bertz CT molecular complexity index is 628. The van der Waals surface area contributed by atoms with Crippen molar-refractivity contribution in [2.45, 2.75) is 26.3 Å². The molecular weight excluding hydrogens is 369 g/mol. The van der Waals surface area contributed by atoms with E-state index in [4.69, 9.17) is 23.2 Å². The Balaban J connectivity index is 2.49. The highest BCUT2D eigenvalue weighted by atomic mass is 79.9. The van der Waals surface area contributed by atoms with Crippen molar-refractivity contribution in [3.63, 3.8) is 0 Å². The van der Waals surface area contributed by atoms with E-state index in [0.717, 1.165) is 28.0 Å². The van der Waals surface area contributed by atoms with E-state index in [1.165, 1.54) is 11.1 Å². The third-order valence-corrected chi connectivity index (χ3v) is 4.48. The van der Waals surface area contributed by atoms with Crippen LogP contribution >= 0.6 is 39.1 Å². The van der Waals surface area contributed by atoms with Crippen LogP contribution in [0.5, 0.6) is 0 Å². The van der Waals surface area contributed by atoms with Crippen LogP contribution in [0.3, 0.4) is 0 Å². The standard InChI is InChI=1S/C17H18BrCl2N/c1-3-8-21-17(14-6-4-12(18)9-11(14)2)15-10-13(19)5-7-16(15)20/h4-7,9-10,17,21H,3,8H2,1-2H3. The Morgan fingerprint density at radius 2 is 1.86 bits per heavy atom. The SMILES string of the molecule is CCCNC(c1ccc(Br)cc1C)c1cc(Cl)ccc1Cl. The van der Waals surface area contributed by atoms with Crippen molar-refractivity contribution in [1.82, 2.24) is 5.32 Å². The summed E-state index contributed by atoms with van der Waals surface area (Å²) in [6.45, 7) is 5.18. The van der Waals surface area contributed by atoms with Gasteiger partial charge >= 0.3 is 0 Å². The Labute approximate surface area is 144 Å². The van der Waals surface area contributed by atoms with Crippen LogP contribution in [-0.4, -0.2) is 6.54 Å². The Kier molecular flexibility index (Phi) is 6.12. The molecular formula is C17H18BrCl2N. The summed E-state index contributed by atoms with van der Waals surface area (Å²) in [6, 6.07) is 12.0. The fraction of sp³-hybridized carbons (Fsp3) is 0.294. The Morgan fingerprint density at radius 3 is 2.52 bits per heavy atom. The van der Waals surface area contributed by atoms with E-state index in [9.17, 15) is 0 Å². The van der Waals surface area contributed by atoms with Gasteiger partial charge in [0.2, 0.25) is 0 Å². The maximum atomic E-state index is 6.40. The smallest absolute Gasteiger partial charge is 0.0594 e. The van der Waals surface area contributed by atoms with Gasteiger partial charge in [-0.1, -0.05) is 52.1 Å². The number of benzene rings is 2. The number of rotatable bonds is 5. The summed E-state index contributed by atoms with van der Waals surface area (Å²) in [6.07, 6.45) is 1.06. The first-order chi connectivity index (χ1) is 10.0. The maximum Gasteiger partial charge on any atom is 0.0594 e. The van der Waals surface area contributed by atoms with Crippen molar-refractivity contribution < 1.29 is 0 Å². The number of halogens is 3. The molecule has 2 aromatic rings. The monoisotopic (exact) mass is 385 g/mol. The molecule has 0 saturated carbocycles. The second-order valence-electron chi connectivity index (χ2n) is 5.05. The first-order valence-electron chi connectivity index (χ1n) is 6.97. The molecule has 0 aliphatic rings. The average molecular weight is 387 g/mol. The second-order valence-corrected chi connectivity index (χ2v) is 6.81. The third kappa shape index (κ3) is 4.23. The molecule has 0 spiro atoms. The molecule has 2 rings (SSSR count). The van der Waals surface area contributed by atoms with Gasteiger partial charge in [-0.2, -0.15) is 0 Å². The molecule has 21 heavy (non-hydrogen) atoms. The van der Waals surface area contributed by atoms with Gasteiger partial charge in [0, 0.05) is 14.5 Å². The molecule has 0 aliphatic heterocycles. The van der Waals surface area contributed by atoms with E-state index in [2.05, 4.69) is 53.3 Å². The Hall–Kier alpha value is -0.540.